The van der Waals surface area contributed by atoms with E-state index < -0.39 is 0 Å². The molecule has 0 aliphatic rings. The van der Waals surface area contributed by atoms with Gasteiger partial charge in [-0.3, -0.25) is 4.79 Å². The van der Waals surface area contributed by atoms with Crippen LogP contribution in [0.2, 0.25) is 0 Å². The highest BCUT2D eigenvalue weighted by atomic mass is 35.5. The van der Waals surface area contributed by atoms with Gasteiger partial charge >= 0.3 is 0 Å². The molecule has 1 heterocycles. The minimum atomic E-state index is -0.104. The van der Waals surface area contributed by atoms with Crippen molar-refractivity contribution < 1.29 is 4.79 Å². The van der Waals surface area contributed by atoms with Gasteiger partial charge in [-0.05, 0) is 38.3 Å². The van der Waals surface area contributed by atoms with E-state index in [1.807, 2.05) is 19.1 Å². The van der Waals surface area contributed by atoms with Crippen molar-refractivity contribution in [1.29, 1.82) is 0 Å². The fourth-order valence-electron chi connectivity index (χ4n) is 1.92. The lowest BCUT2D eigenvalue weighted by molar-refractivity contribution is 0.0954. The van der Waals surface area contributed by atoms with Crippen molar-refractivity contribution in [2.75, 3.05) is 12.3 Å². The number of nitrogen functional groups attached to an aromatic ring is 1. The van der Waals surface area contributed by atoms with E-state index in [1.165, 1.54) is 5.01 Å². The number of halogens is 2. The third-order valence-electron chi connectivity index (χ3n) is 2.97. The molecule has 0 aliphatic heterocycles. The molecule has 4 nitrogen and oxygen atoms in total. The van der Waals surface area contributed by atoms with E-state index in [1.54, 1.807) is 23.5 Å². The third-order valence-corrected chi connectivity index (χ3v) is 4.00. The molecule has 1 aromatic heterocycles. The van der Waals surface area contributed by atoms with Gasteiger partial charge in [0, 0.05) is 23.3 Å². The lowest BCUT2D eigenvalue weighted by Crippen LogP contribution is -2.25. The molecule has 0 radical (unpaired) electrons. The van der Waals surface area contributed by atoms with Crippen molar-refractivity contribution in [1.82, 2.24) is 10.3 Å². The highest BCUT2D eigenvalue weighted by Gasteiger charge is 2.07. The van der Waals surface area contributed by atoms with Gasteiger partial charge in [-0.15, -0.1) is 36.2 Å². The molecule has 0 aliphatic carbocycles. The minimum absolute atomic E-state index is 0. The van der Waals surface area contributed by atoms with E-state index in [0.29, 0.717) is 17.8 Å². The first-order valence-electron chi connectivity index (χ1n) is 6.70. The summed E-state index contributed by atoms with van der Waals surface area (Å²) < 4.78 is 0. The second kappa shape index (κ2) is 10.4. The summed E-state index contributed by atoms with van der Waals surface area (Å²) in [6, 6.07) is 7.11. The van der Waals surface area contributed by atoms with E-state index in [9.17, 15) is 4.79 Å². The SMILES string of the molecule is Cc1csc(CCCCNC(=O)c2ccccc2N)n1.Cl.Cl. The molecule has 2 rings (SSSR count). The second-order valence-corrected chi connectivity index (χ2v) is 5.63. The Bertz CT molecular complexity index is 590. The van der Waals surface area contributed by atoms with E-state index in [4.69, 9.17) is 5.73 Å². The molecule has 0 saturated carbocycles. The summed E-state index contributed by atoms with van der Waals surface area (Å²) in [5, 5.41) is 6.13. The molecular formula is C15H21Cl2N3OS. The summed E-state index contributed by atoms with van der Waals surface area (Å²) in [6.07, 6.45) is 2.94. The van der Waals surface area contributed by atoms with Gasteiger partial charge in [0.25, 0.3) is 5.91 Å². The highest BCUT2D eigenvalue weighted by Crippen LogP contribution is 2.12. The number of rotatable bonds is 6. The number of para-hydroxylation sites is 1. The van der Waals surface area contributed by atoms with Crippen LogP contribution in [0.25, 0.3) is 0 Å². The Morgan fingerprint density at radius 3 is 2.64 bits per heavy atom. The van der Waals surface area contributed by atoms with E-state index in [0.717, 1.165) is 25.0 Å². The van der Waals surface area contributed by atoms with Gasteiger partial charge in [-0.1, -0.05) is 12.1 Å². The van der Waals surface area contributed by atoms with Crippen LogP contribution in [0.4, 0.5) is 5.69 Å². The predicted molar refractivity (Wildman–Crippen MR) is 97.5 cm³/mol. The number of nitrogens with two attached hydrogens (primary N) is 1. The number of carbonyl (C=O) groups excluding carboxylic acids is 1. The van der Waals surface area contributed by atoms with Crippen LogP contribution in [0.3, 0.4) is 0 Å². The summed E-state index contributed by atoms with van der Waals surface area (Å²) in [5.41, 5.74) is 7.91. The van der Waals surface area contributed by atoms with Crippen LogP contribution in [0, 0.1) is 6.92 Å². The molecule has 0 unspecified atom stereocenters. The molecule has 2 aromatic rings. The number of carbonyl (C=O) groups is 1. The average molecular weight is 362 g/mol. The maximum Gasteiger partial charge on any atom is 0.253 e. The zero-order valence-corrected chi connectivity index (χ0v) is 14.8. The van der Waals surface area contributed by atoms with Crippen molar-refractivity contribution in [3.8, 4) is 0 Å². The van der Waals surface area contributed by atoms with Crippen molar-refractivity contribution in [3.05, 3.63) is 45.9 Å². The summed E-state index contributed by atoms with van der Waals surface area (Å²) in [4.78, 5) is 16.3. The van der Waals surface area contributed by atoms with Crippen LogP contribution < -0.4 is 11.1 Å². The summed E-state index contributed by atoms with van der Waals surface area (Å²) in [6.45, 7) is 2.67. The van der Waals surface area contributed by atoms with E-state index >= 15 is 0 Å². The smallest absolute Gasteiger partial charge is 0.253 e. The Labute approximate surface area is 147 Å². The van der Waals surface area contributed by atoms with Gasteiger partial charge in [0.1, 0.15) is 0 Å². The van der Waals surface area contributed by atoms with Gasteiger partial charge in [-0.25, -0.2) is 4.98 Å². The number of anilines is 1. The molecule has 122 valence electrons. The fraction of sp³-hybridized carbons (Fsp3) is 0.333. The number of hydrogen-bond donors (Lipinski definition) is 2. The maximum absolute atomic E-state index is 11.9. The molecule has 0 spiro atoms. The molecule has 0 fully saturated rings. The average Bonchev–Trinajstić information content (AvgIpc) is 2.84. The van der Waals surface area contributed by atoms with E-state index in [2.05, 4.69) is 15.7 Å². The van der Waals surface area contributed by atoms with E-state index in [-0.39, 0.29) is 30.7 Å². The Balaban J connectivity index is 0.00000220. The molecule has 0 atom stereocenters. The number of nitrogens with one attached hydrogen (secondary N) is 1. The number of thiazole rings is 1. The van der Waals surface area contributed by atoms with Gasteiger partial charge in [0.15, 0.2) is 0 Å². The molecule has 22 heavy (non-hydrogen) atoms. The van der Waals surface area contributed by atoms with Crippen LogP contribution >= 0.6 is 36.2 Å². The van der Waals surface area contributed by atoms with Crippen molar-refractivity contribution in [2.45, 2.75) is 26.2 Å². The van der Waals surface area contributed by atoms with Crippen LogP contribution in [0.1, 0.15) is 33.9 Å². The van der Waals surface area contributed by atoms with Crippen molar-refractivity contribution in [3.63, 3.8) is 0 Å². The van der Waals surface area contributed by atoms with Crippen LogP contribution in [-0.4, -0.2) is 17.4 Å². The summed E-state index contributed by atoms with van der Waals surface area (Å²) >= 11 is 1.70. The molecule has 0 saturated heterocycles. The number of amides is 1. The van der Waals surface area contributed by atoms with Crippen LogP contribution in [-0.2, 0) is 6.42 Å². The number of hydrogen-bond acceptors (Lipinski definition) is 4. The monoisotopic (exact) mass is 361 g/mol. The Hall–Kier alpha value is -1.30. The van der Waals surface area contributed by atoms with Gasteiger partial charge < -0.3 is 11.1 Å². The zero-order chi connectivity index (χ0) is 14.4. The first kappa shape index (κ1) is 20.7. The lowest BCUT2D eigenvalue weighted by Gasteiger charge is -2.06. The van der Waals surface area contributed by atoms with Gasteiger partial charge in [0.05, 0.1) is 10.6 Å². The molecular weight excluding hydrogens is 341 g/mol. The second-order valence-electron chi connectivity index (χ2n) is 4.68. The molecule has 0 bridgehead atoms. The molecule has 1 aromatic carbocycles. The number of aryl methyl sites for hydroxylation is 2. The minimum Gasteiger partial charge on any atom is -0.398 e. The first-order chi connectivity index (χ1) is 9.66. The number of nitrogens with zero attached hydrogens (tertiary/aromatic N) is 1. The zero-order valence-electron chi connectivity index (χ0n) is 12.4. The molecule has 1 amide bonds. The fourth-order valence-corrected chi connectivity index (χ4v) is 2.74. The van der Waals surface area contributed by atoms with Crippen molar-refractivity contribution in [2.24, 2.45) is 0 Å². The molecule has 3 N–H and O–H groups in total. The largest absolute Gasteiger partial charge is 0.398 e. The highest BCUT2D eigenvalue weighted by molar-refractivity contribution is 7.09. The Kier molecular flexibility index (Phi) is 9.81. The number of benzene rings is 1. The number of unbranched alkanes of at least 4 members (excludes halogenated alkanes) is 1. The summed E-state index contributed by atoms with van der Waals surface area (Å²) in [5.74, 6) is -0.104. The van der Waals surface area contributed by atoms with Crippen molar-refractivity contribution >= 4 is 47.7 Å². The maximum atomic E-state index is 11.9. The standard InChI is InChI=1S/C15H19N3OS.2ClH/c1-11-10-20-14(18-11)8-4-5-9-17-15(19)12-6-2-3-7-13(12)16;;/h2-3,6-7,10H,4-5,8-9,16H2,1H3,(H,17,19);2*1H. The third kappa shape index (κ3) is 6.22. The lowest BCUT2D eigenvalue weighted by atomic mass is 10.1. The normalized spacial score (nSPS) is 9.50. The first-order valence-corrected chi connectivity index (χ1v) is 7.58. The van der Waals surface area contributed by atoms with Gasteiger partial charge in [-0.2, -0.15) is 0 Å². The predicted octanol–water partition coefficient (Wildman–Crippen LogP) is 3.63. The quantitative estimate of drug-likeness (QED) is 0.609. The van der Waals surface area contributed by atoms with Crippen LogP contribution in [0.5, 0.6) is 0 Å². The van der Waals surface area contributed by atoms with Crippen LogP contribution in [0.15, 0.2) is 29.6 Å². The Morgan fingerprint density at radius 2 is 2.00 bits per heavy atom. The Morgan fingerprint density at radius 1 is 1.27 bits per heavy atom. The number of aromatic nitrogens is 1. The van der Waals surface area contributed by atoms with Gasteiger partial charge in [0.2, 0.25) is 0 Å². The topological polar surface area (TPSA) is 68.0 Å². The summed E-state index contributed by atoms with van der Waals surface area (Å²) in [7, 11) is 0. The molecule has 7 heteroatoms.